The maximum absolute atomic E-state index is 5.98. The van der Waals surface area contributed by atoms with Crippen LogP contribution in [0.5, 0.6) is 0 Å². The van der Waals surface area contributed by atoms with Crippen molar-refractivity contribution in [1.82, 2.24) is 9.55 Å². The molecule has 0 saturated carbocycles. The second-order valence-corrected chi connectivity index (χ2v) is 5.65. The molecule has 0 saturated heterocycles. The first kappa shape index (κ1) is 13.8. The Morgan fingerprint density at radius 1 is 1.14 bits per heavy atom. The van der Waals surface area contributed by atoms with Gasteiger partial charge in [-0.15, -0.1) is 0 Å². The van der Waals surface area contributed by atoms with Gasteiger partial charge < -0.3 is 10.3 Å². The molecule has 0 fully saturated rings. The van der Waals surface area contributed by atoms with Gasteiger partial charge in [-0.1, -0.05) is 18.2 Å². The maximum Gasteiger partial charge on any atom is 0.0513 e. The minimum Gasteiger partial charge on any atom is -0.347 e. The lowest BCUT2D eigenvalue weighted by molar-refractivity contribution is 0.706. The Morgan fingerprint density at radius 3 is 2.71 bits per heavy atom. The highest BCUT2D eigenvalue weighted by Crippen LogP contribution is 2.22. The number of nitrogens with zero attached hydrogens (tertiary/aromatic N) is 2. The molecule has 108 valence electrons. The Hall–Kier alpha value is -2.13. The predicted octanol–water partition coefficient (Wildman–Crippen LogP) is 3.17. The lowest BCUT2D eigenvalue weighted by atomic mass is 10.0. The van der Waals surface area contributed by atoms with E-state index in [1.54, 1.807) is 0 Å². The van der Waals surface area contributed by atoms with Gasteiger partial charge in [0.15, 0.2) is 0 Å². The number of fused-ring (bicyclic) bond motifs is 1. The Labute approximate surface area is 125 Å². The topological polar surface area (TPSA) is 43.8 Å². The smallest absolute Gasteiger partial charge is 0.0513 e. The second kappa shape index (κ2) is 6.10. The SMILES string of the molecule is CC(N)Cc1cccc2ccn(CCc3ccncc3)c12. The van der Waals surface area contributed by atoms with Gasteiger partial charge in [0, 0.05) is 31.2 Å². The summed E-state index contributed by atoms with van der Waals surface area (Å²) < 4.78 is 2.34. The third kappa shape index (κ3) is 3.14. The summed E-state index contributed by atoms with van der Waals surface area (Å²) in [6.07, 6.45) is 7.81. The summed E-state index contributed by atoms with van der Waals surface area (Å²) in [5.74, 6) is 0. The summed E-state index contributed by atoms with van der Waals surface area (Å²) in [6, 6.07) is 13.0. The second-order valence-electron chi connectivity index (χ2n) is 5.65. The number of para-hydroxylation sites is 1. The van der Waals surface area contributed by atoms with Crippen LogP contribution in [0.4, 0.5) is 0 Å². The average Bonchev–Trinajstić information content (AvgIpc) is 2.90. The molecule has 3 nitrogen and oxygen atoms in total. The van der Waals surface area contributed by atoms with Gasteiger partial charge in [0.1, 0.15) is 0 Å². The van der Waals surface area contributed by atoms with Crippen LogP contribution in [0.3, 0.4) is 0 Å². The molecule has 2 N–H and O–H groups in total. The normalized spacial score (nSPS) is 12.7. The third-order valence-electron chi connectivity index (χ3n) is 3.80. The Bertz CT molecular complexity index is 714. The van der Waals surface area contributed by atoms with Crippen molar-refractivity contribution in [2.45, 2.75) is 32.4 Å². The van der Waals surface area contributed by atoms with Crippen LogP contribution in [0.2, 0.25) is 0 Å². The van der Waals surface area contributed by atoms with E-state index in [1.165, 1.54) is 22.0 Å². The molecule has 2 heterocycles. The number of hydrogen-bond acceptors (Lipinski definition) is 2. The summed E-state index contributed by atoms with van der Waals surface area (Å²) in [6.45, 7) is 3.03. The largest absolute Gasteiger partial charge is 0.347 e. The molecule has 1 unspecified atom stereocenters. The van der Waals surface area contributed by atoms with Crippen molar-refractivity contribution in [2.75, 3.05) is 0 Å². The molecule has 3 aromatic rings. The summed E-state index contributed by atoms with van der Waals surface area (Å²) >= 11 is 0. The number of nitrogens with two attached hydrogens (primary N) is 1. The fourth-order valence-corrected chi connectivity index (χ4v) is 2.84. The molecule has 1 atom stereocenters. The van der Waals surface area contributed by atoms with E-state index in [0.29, 0.717) is 0 Å². The van der Waals surface area contributed by atoms with Gasteiger partial charge in [-0.3, -0.25) is 4.98 Å². The van der Waals surface area contributed by atoms with Crippen molar-refractivity contribution in [3.05, 3.63) is 66.1 Å². The monoisotopic (exact) mass is 279 g/mol. The van der Waals surface area contributed by atoms with Crippen LogP contribution >= 0.6 is 0 Å². The average molecular weight is 279 g/mol. The van der Waals surface area contributed by atoms with Gasteiger partial charge in [0.2, 0.25) is 0 Å². The van der Waals surface area contributed by atoms with E-state index in [-0.39, 0.29) is 6.04 Å². The van der Waals surface area contributed by atoms with E-state index in [0.717, 1.165) is 19.4 Å². The predicted molar refractivity (Wildman–Crippen MR) is 87.2 cm³/mol. The Morgan fingerprint density at radius 2 is 1.95 bits per heavy atom. The van der Waals surface area contributed by atoms with Crippen LogP contribution in [-0.2, 0) is 19.4 Å². The molecular formula is C18H21N3. The summed E-state index contributed by atoms with van der Waals surface area (Å²) in [4.78, 5) is 4.07. The highest BCUT2D eigenvalue weighted by Gasteiger charge is 2.08. The van der Waals surface area contributed by atoms with E-state index in [4.69, 9.17) is 5.73 Å². The summed E-state index contributed by atoms with van der Waals surface area (Å²) in [7, 11) is 0. The van der Waals surface area contributed by atoms with E-state index in [9.17, 15) is 0 Å². The number of aryl methyl sites for hydroxylation is 2. The molecule has 0 amide bonds. The first-order chi connectivity index (χ1) is 10.2. The van der Waals surface area contributed by atoms with Crippen molar-refractivity contribution >= 4 is 10.9 Å². The van der Waals surface area contributed by atoms with E-state index in [2.05, 4.69) is 59.1 Å². The molecule has 3 heteroatoms. The molecule has 21 heavy (non-hydrogen) atoms. The first-order valence-corrected chi connectivity index (χ1v) is 7.45. The molecule has 0 spiro atoms. The molecule has 0 aliphatic heterocycles. The van der Waals surface area contributed by atoms with E-state index >= 15 is 0 Å². The standard InChI is InChI=1S/C18H21N3/c1-14(19)13-17-4-2-3-16-8-12-21(18(16)17)11-7-15-5-9-20-10-6-15/h2-6,8-10,12,14H,7,11,13,19H2,1H3. The lowest BCUT2D eigenvalue weighted by Gasteiger charge is -2.11. The molecule has 3 rings (SSSR count). The van der Waals surface area contributed by atoms with E-state index < -0.39 is 0 Å². The van der Waals surface area contributed by atoms with Crippen molar-refractivity contribution in [2.24, 2.45) is 5.73 Å². The third-order valence-corrected chi connectivity index (χ3v) is 3.80. The Balaban J connectivity index is 1.88. The van der Waals surface area contributed by atoms with Crippen LogP contribution in [0.1, 0.15) is 18.1 Å². The molecule has 0 radical (unpaired) electrons. The number of pyridine rings is 1. The first-order valence-electron chi connectivity index (χ1n) is 7.45. The highest BCUT2D eigenvalue weighted by molar-refractivity contribution is 5.83. The molecule has 0 bridgehead atoms. The number of benzene rings is 1. The molecule has 0 aliphatic carbocycles. The van der Waals surface area contributed by atoms with Crippen LogP contribution in [0.25, 0.3) is 10.9 Å². The van der Waals surface area contributed by atoms with Crippen molar-refractivity contribution < 1.29 is 0 Å². The van der Waals surface area contributed by atoms with Gasteiger partial charge in [0.05, 0.1) is 5.52 Å². The molecule has 1 aromatic carbocycles. The molecule has 2 aromatic heterocycles. The van der Waals surface area contributed by atoms with Crippen LogP contribution < -0.4 is 5.73 Å². The van der Waals surface area contributed by atoms with Gasteiger partial charge in [-0.25, -0.2) is 0 Å². The van der Waals surface area contributed by atoms with Crippen LogP contribution in [0, 0.1) is 0 Å². The number of hydrogen-bond donors (Lipinski definition) is 1. The maximum atomic E-state index is 5.98. The number of aromatic nitrogens is 2. The van der Waals surface area contributed by atoms with Crippen molar-refractivity contribution in [3.63, 3.8) is 0 Å². The van der Waals surface area contributed by atoms with Gasteiger partial charge in [-0.05, 0) is 54.5 Å². The van der Waals surface area contributed by atoms with Crippen LogP contribution in [0.15, 0.2) is 55.0 Å². The number of rotatable bonds is 5. The van der Waals surface area contributed by atoms with Gasteiger partial charge in [-0.2, -0.15) is 0 Å². The summed E-state index contributed by atoms with van der Waals surface area (Å²) in [5, 5.41) is 1.29. The van der Waals surface area contributed by atoms with Crippen molar-refractivity contribution in [3.8, 4) is 0 Å². The molecular weight excluding hydrogens is 258 g/mol. The quantitative estimate of drug-likeness (QED) is 0.779. The van der Waals surface area contributed by atoms with Crippen molar-refractivity contribution in [1.29, 1.82) is 0 Å². The highest BCUT2D eigenvalue weighted by atomic mass is 15.0. The fourth-order valence-electron chi connectivity index (χ4n) is 2.84. The fraction of sp³-hybridized carbons (Fsp3) is 0.278. The molecule has 0 aliphatic rings. The summed E-state index contributed by atoms with van der Waals surface area (Å²) in [5.41, 5.74) is 9.96. The Kier molecular flexibility index (Phi) is 4.02. The minimum atomic E-state index is 0.180. The van der Waals surface area contributed by atoms with Gasteiger partial charge in [0.25, 0.3) is 0 Å². The zero-order valence-corrected chi connectivity index (χ0v) is 12.4. The van der Waals surface area contributed by atoms with Crippen LogP contribution in [-0.4, -0.2) is 15.6 Å². The zero-order valence-electron chi connectivity index (χ0n) is 12.4. The van der Waals surface area contributed by atoms with Gasteiger partial charge >= 0.3 is 0 Å². The minimum absolute atomic E-state index is 0.180. The lowest BCUT2D eigenvalue weighted by Crippen LogP contribution is -2.18. The zero-order chi connectivity index (χ0) is 14.7. The van der Waals surface area contributed by atoms with E-state index in [1.807, 2.05) is 12.4 Å².